The SMILES string of the molecule is CCCOCC1=CCC=C1. The Balaban J connectivity index is 2.08. The summed E-state index contributed by atoms with van der Waals surface area (Å²) in [6, 6.07) is 0. The highest BCUT2D eigenvalue weighted by atomic mass is 16.5. The highest BCUT2D eigenvalue weighted by Gasteiger charge is 1.95. The maximum Gasteiger partial charge on any atom is 0.0713 e. The standard InChI is InChI=1S/C9H14O/c1-2-7-10-8-9-5-3-4-6-9/h3,5-6H,2,4,7-8H2,1H3. The van der Waals surface area contributed by atoms with Crippen molar-refractivity contribution in [2.45, 2.75) is 19.8 Å². The number of hydrogen-bond acceptors (Lipinski definition) is 1. The molecule has 0 saturated heterocycles. The van der Waals surface area contributed by atoms with Crippen molar-refractivity contribution in [3.05, 3.63) is 23.8 Å². The van der Waals surface area contributed by atoms with E-state index in [-0.39, 0.29) is 0 Å². The molecule has 0 amide bonds. The van der Waals surface area contributed by atoms with E-state index < -0.39 is 0 Å². The van der Waals surface area contributed by atoms with Crippen molar-refractivity contribution in [2.24, 2.45) is 0 Å². The van der Waals surface area contributed by atoms with Crippen LogP contribution in [0.3, 0.4) is 0 Å². The summed E-state index contributed by atoms with van der Waals surface area (Å²) >= 11 is 0. The molecule has 0 aromatic rings. The molecule has 0 aromatic heterocycles. The van der Waals surface area contributed by atoms with Crippen LogP contribution >= 0.6 is 0 Å². The molecule has 1 nitrogen and oxygen atoms in total. The molecule has 0 atom stereocenters. The maximum atomic E-state index is 5.35. The third kappa shape index (κ3) is 2.36. The first-order valence-electron chi connectivity index (χ1n) is 3.87. The minimum absolute atomic E-state index is 0.796. The minimum Gasteiger partial charge on any atom is -0.377 e. The molecule has 1 rings (SSSR count). The topological polar surface area (TPSA) is 9.23 Å². The maximum absolute atomic E-state index is 5.35. The average molecular weight is 138 g/mol. The Kier molecular flexibility index (Phi) is 3.23. The fraction of sp³-hybridized carbons (Fsp3) is 0.556. The molecule has 0 fully saturated rings. The van der Waals surface area contributed by atoms with Crippen LogP contribution in [-0.4, -0.2) is 13.2 Å². The number of allylic oxidation sites excluding steroid dienone is 2. The predicted molar refractivity (Wildman–Crippen MR) is 43.0 cm³/mol. The second kappa shape index (κ2) is 4.29. The van der Waals surface area contributed by atoms with Crippen molar-refractivity contribution in [1.82, 2.24) is 0 Å². The molecule has 0 aromatic carbocycles. The second-order valence-electron chi connectivity index (χ2n) is 2.47. The molecular weight excluding hydrogens is 124 g/mol. The summed E-state index contributed by atoms with van der Waals surface area (Å²) in [4.78, 5) is 0. The van der Waals surface area contributed by atoms with Crippen LogP contribution in [0.25, 0.3) is 0 Å². The first kappa shape index (κ1) is 7.55. The van der Waals surface area contributed by atoms with E-state index in [2.05, 4.69) is 25.2 Å². The van der Waals surface area contributed by atoms with E-state index in [0.717, 1.165) is 26.1 Å². The van der Waals surface area contributed by atoms with Crippen LogP contribution in [0.5, 0.6) is 0 Å². The fourth-order valence-electron chi connectivity index (χ4n) is 0.948. The van der Waals surface area contributed by atoms with Crippen molar-refractivity contribution in [3.63, 3.8) is 0 Å². The van der Waals surface area contributed by atoms with Crippen molar-refractivity contribution in [1.29, 1.82) is 0 Å². The molecule has 0 N–H and O–H groups in total. The molecular formula is C9H14O. The van der Waals surface area contributed by atoms with Gasteiger partial charge in [0, 0.05) is 6.61 Å². The lowest BCUT2D eigenvalue weighted by Gasteiger charge is -1.99. The van der Waals surface area contributed by atoms with Crippen LogP contribution in [0.2, 0.25) is 0 Å². The monoisotopic (exact) mass is 138 g/mol. The summed E-state index contributed by atoms with van der Waals surface area (Å²) in [5, 5.41) is 0. The Morgan fingerprint density at radius 3 is 3.10 bits per heavy atom. The van der Waals surface area contributed by atoms with Gasteiger partial charge in [0.2, 0.25) is 0 Å². The first-order valence-corrected chi connectivity index (χ1v) is 3.87. The lowest BCUT2D eigenvalue weighted by molar-refractivity contribution is 0.159. The summed E-state index contributed by atoms with van der Waals surface area (Å²) < 4.78 is 5.35. The van der Waals surface area contributed by atoms with Gasteiger partial charge in [-0.05, 0) is 18.4 Å². The smallest absolute Gasteiger partial charge is 0.0713 e. The van der Waals surface area contributed by atoms with E-state index in [9.17, 15) is 0 Å². The Labute approximate surface area is 62.4 Å². The van der Waals surface area contributed by atoms with E-state index in [1.54, 1.807) is 0 Å². The molecule has 1 aliphatic carbocycles. The average Bonchev–Trinajstić information content (AvgIpc) is 2.41. The van der Waals surface area contributed by atoms with E-state index >= 15 is 0 Å². The molecule has 0 bridgehead atoms. The molecule has 0 spiro atoms. The number of rotatable bonds is 4. The van der Waals surface area contributed by atoms with Crippen LogP contribution in [0.1, 0.15) is 19.8 Å². The van der Waals surface area contributed by atoms with Crippen molar-refractivity contribution in [3.8, 4) is 0 Å². The molecule has 10 heavy (non-hydrogen) atoms. The Morgan fingerprint density at radius 1 is 1.60 bits per heavy atom. The molecule has 1 heteroatoms. The van der Waals surface area contributed by atoms with Gasteiger partial charge in [-0.3, -0.25) is 0 Å². The van der Waals surface area contributed by atoms with E-state index in [1.165, 1.54) is 5.57 Å². The van der Waals surface area contributed by atoms with Gasteiger partial charge < -0.3 is 4.74 Å². The Bertz CT molecular complexity index is 145. The van der Waals surface area contributed by atoms with E-state index in [0.29, 0.717) is 0 Å². The van der Waals surface area contributed by atoms with Crippen LogP contribution in [-0.2, 0) is 4.74 Å². The van der Waals surface area contributed by atoms with Gasteiger partial charge in [-0.15, -0.1) is 0 Å². The minimum atomic E-state index is 0.796. The zero-order valence-corrected chi connectivity index (χ0v) is 6.47. The molecule has 0 radical (unpaired) electrons. The highest BCUT2D eigenvalue weighted by molar-refractivity contribution is 5.26. The van der Waals surface area contributed by atoms with Gasteiger partial charge in [0.1, 0.15) is 0 Å². The van der Waals surface area contributed by atoms with Gasteiger partial charge in [-0.25, -0.2) is 0 Å². The fourth-order valence-corrected chi connectivity index (χ4v) is 0.948. The zero-order valence-electron chi connectivity index (χ0n) is 6.47. The molecule has 0 heterocycles. The molecule has 0 aliphatic heterocycles. The summed E-state index contributed by atoms with van der Waals surface area (Å²) in [6.45, 7) is 3.80. The molecule has 1 aliphatic rings. The number of hydrogen-bond donors (Lipinski definition) is 0. The Hall–Kier alpha value is -0.560. The molecule has 0 unspecified atom stereocenters. The van der Waals surface area contributed by atoms with Crippen LogP contribution in [0.15, 0.2) is 23.8 Å². The van der Waals surface area contributed by atoms with Crippen LogP contribution < -0.4 is 0 Å². The van der Waals surface area contributed by atoms with Crippen molar-refractivity contribution < 1.29 is 4.74 Å². The first-order chi connectivity index (χ1) is 4.93. The quantitative estimate of drug-likeness (QED) is 0.541. The van der Waals surface area contributed by atoms with Gasteiger partial charge in [0.15, 0.2) is 0 Å². The number of ether oxygens (including phenoxy) is 1. The van der Waals surface area contributed by atoms with Gasteiger partial charge in [0.05, 0.1) is 6.61 Å². The normalized spacial score (nSPS) is 15.9. The van der Waals surface area contributed by atoms with Crippen molar-refractivity contribution in [2.75, 3.05) is 13.2 Å². The third-order valence-corrected chi connectivity index (χ3v) is 1.47. The summed E-state index contributed by atoms with van der Waals surface area (Å²) in [5.74, 6) is 0. The van der Waals surface area contributed by atoms with Crippen molar-refractivity contribution >= 4 is 0 Å². The predicted octanol–water partition coefficient (Wildman–Crippen LogP) is 2.30. The summed E-state index contributed by atoms with van der Waals surface area (Å²) in [7, 11) is 0. The van der Waals surface area contributed by atoms with Gasteiger partial charge in [-0.1, -0.05) is 25.2 Å². The zero-order chi connectivity index (χ0) is 7.23. The molecule has 56 valence electrons. The summed E-state index contributed by atoms with van der Waals surface area (Å²) in [6.07, 6.45) is 8.69. The Morgan fingerprint density at radius 2 is 2.50 bits per heavy atom. The van der Waals surface area contributed by atoms with E-state index in [1.807, 2.05) is 0 Å². The second-order valence-corrected chi connectivity index (χ2v) is 2.47. The summed E-state index contributed by atoms with van der Waals surface area (Å²) in [5.41, 5.74) is 1.33. The van der Waals surface area contributed by atoms with Gasteiger partial charge in [0.25, 0.3) is 0 Å². The van der Waals surface area contributed by atoms with Crippen LogP contribution in [0.4, 0.5) is 0 Å². The lowest BCUT2D eigenvalue weighted by atomic mass is 10.3. The van der Waals surface area contributed by atoms with Crippen LogP contribution in [0, 0.1) is 0 Å². The largest absolute Gasteiger partial charge is 0.377 e. The highest BCUT2D eigenvalue weighted by Crippen LogP contribution is 2.08. The van der Waals surface area contributed by atoms with Gasteiger partial charge >= 0.3 is 0 Å². The van der Waals surface area contributed by atoms with Gasteiger partial charge in [-0.2, -0.15) is 0 Å². The molecule has 0 saturated carbocycles. The third-order valence-electron chi connectivity index (χ3n) is 1.47. The van der Waals surface area contributed by atoms with E-state index in [4.69, 9.17) is 4.74 Å². The lowest BCUT2D eigenvalue weighted by Crippen LogP contribution is -1.95.